The number of nitrogen functional groups attached to an aromatic ring is 2. The molecule has 0 aliphatic carbocycles. The minimum absolute atomic E-state index is 0.208. The second-order valence-corrected chi connectivity index (χ2v) is 4.63. The number of benzene rings is 2. The second-order valence-electron chi connectivity index (χ2n) is 4.63. The van der Waals surface area contributed by atoms with Crippen LogP contribution >= 0.6 is 0 Å². The van der Waals surface area contributed by atoms with E-state index in [2.05, 4.69) is 9.97 Å². The molecule has 1 aromatic heterocycles. The molecule has 7 nitrogen and oxygen atoms in total. The largest absolute Gasteiger partial charge is 0.497 e. The molecular formula is C16H18N4O3. The van der Waals surface area contributed by atoms with E-state index in [0.717, 1.165) is 11.3 Å². The first-order valence-corrected chi connectivity index (χ1v) is 6.75. The van der Waals surface area contributed by atoms with Crippen molar-refractivity contribution in [1.29, 1.82) is 0 Å². The Bertz CT molecular complexity index is 861. The van der Waals surface area contributed by atoms with Gasteiger partial charge in [0.1, 0.15) is 11.5 Å². The summed E-state index contributed by atoms with van der Waals surface area (Å²) in [5, 5.41) is 0. The quantitative estimate of drug-likeness (QED) is 0.621. The topological polar surface area (TPSA) is 116 Å². The maximum Gasteiger partial charge on any atom is 0.266 e. The van der Waals surface area contributed by atoms with Gasteiger partial charge in [0.05, 0.1) is 42.8 Å². The normalized spacial score (nSPS) is 9.83. The molecular weight excluding hydrogens is 296 g/mol. The molecule has 0 amide bonds. The maximum absolute atomic E-state index is 10.9. The standard InChI is InChI=1S/C9H8N2O2.C7H10N2O/c1-13-6-2-3-7-8(4-6)11-9(12)5-10-7;1-10-5-2-3-6(8)7(9)4-5/h2-5H,1H3,(H,11,12);2-4H,8-9H2,1H3. The second kappa shape index (κ2) is 7.17. The third kappa shape index (κ3) is 4.13. The van der Waals surface area contributed by atoms with Crippen molar-refractivity contribution in [2.24, 2.45) is 0 Å². The van der Waals surface area contributed by atoms with Crippen molar-refractivity contribution in [3.05, 3.63) is 52.9 Å². The van der Waals surface area contributed by atoms with E-state index in [1.807, 2.05) is 0 Å². The number of aromatic amines is 1. The minimum Gasteiger partial charge on any atom is -0.497 e. The van der Waals surface area contributed by atoms with Crippen LogP contribution in [0.2, 0.25) is 0 Å². The Morgan fingerprint density at radius 3 is 2.26 bits per heavy atom. The number of nitrogens with zero attached hydrogens (tertiary/aromatic N) is 1. The smallest absolute Gasteiger partial charge is 0.266 e. The number of H-pyrrole nitrogens is 1. The van der Waals surface area contributed by atoms with Crippen LogP contribution in [0, 0.1) is 0 Å². The van der Waals surface area contributed by atoms with Crippen LogP contribution in [0.15, 0.2) is 47.4 Å². The molecule has 120 valence electrons. The first-order chi connectivity index (χ1) is 11.0. The Morgan fingerprint density at radius 2 is 1.61 bits per heavy atom. The van der Waals surface area contributed by atoms with Gasteiger partial charge in [0, 0.05) is 12.1 Å². The Hall–Kier alpha value is -3.22. The number of hydrogen-bond acceptors (Lipinski definition) is 6. The summed E-state index contributed by atoms with van der Waals surface area (Å²) < 4.78 is 9.93. The summed E-state index contributed by atoms with van der Waals surface area (Å²) in [5.74, 6) is 1.43. The van der Waals surface area contributed by atoms with E-state index in [0.29, 0.717) is 22.6 Å². The molecule has 23 heavy (non-hydrogen) atoms. The molecule has 0 unspecified atom stereocenters. The van der Waals surface area contributed by atoms with Gasteiger partial charge in [0.15, 0.2) is 0 Å². The van der Waals surface area contributed by atoms with Crippen molar-refractivity contribution in [3.63, 3.8) is 0 Å². The summed E-state index contributed by atoms with van der Waals surface area (Å²) >= 11 is 0. The van der Waals surface area contributed by atoms with Crippen LogP contribution in [0.1, 0.15) is 0 Å². The van der Waals surface area contributed by atoms with E-state index in [4.69, 9.17) is 20.9 Å². The fourth-order valence-corrected chi connectivity index (χ4v) is 1.83. The van der Waals surface area contributed by atoms with Crippen molar-refractivity contribution < 1.29 is 9.47 Å². The number of anilines is 2. The van der Waals surface area contributed by atoms with Gasteiger partial charge in [0.2, 0.25) is 0 Å². The van der Waals surface area contributed by atoms with Gasteiger partial charge in [-0.1, -0.05) is 0 Å². The van der Waals surface area contributed by atoms with Gasteiger partial charge in [-0.2, -0.15) is 0 Å². The highest BCUT2D eigenvalue weighted by Gasteiger charge is 1.97. The summed E-state index contributed by atoms with van der Waals surface area (Å²) in [6.45, 7) is 0. The third-order valence-electron chi connectivity index (χ3n) is 3.08. The first kappa shape index (κ1) is 16.2. The monoisotopic (exact) mass is 314 g/mol. The van der Waals surface area contributed by atoms with Crippen molar-refractivity contribution in [2.45, 2.75) is 0 Å². The number of rotatable bonds is 2. The van der Waals surface area contributed by atoms with E-state index in [1.54, 1.807) is 50.6 Å². The van der Waals surface area contributed by atoms with E-state index >= 15 is 0 Å². The van der Waals surface area contributed by atoms with Gasteiger partial charge in [-0.3, -0.25) is 4.79 Å². The van der Waals surface area contributed by atoms with E-state index in [9.17, 15) is 4.79 Å². The molecule has 0 aliphatic rings. The lowest BCUT2D eigenvalue weighted by Crippen LogP contribution is -2.04. The number of nitrogens with one attached hydrogen (secondary N) is 1. The Kier molecular flexibility index (Phi) is 5.03. The summed E-state index contributed by atoms with van der Waals surface area (Å²) in [5.41, 5.74) is 13.3. The number of aromatic nitrogens is 2. The number of nitrogens with two attached hydrogens (primary N) is 2. The van der Waals surface area contributed by atoms with Crippen LogP contribution in [-0.4, -0.2) is 24.2 Å². The molecule has 0 bridgehead atoms. The summed E-state index contributed by atoms with van der Waals surface area (Å²) in [4.78, 5) is 17.5. The Balaban J connectivity index is 0.000000174. The number of methoxy groups -OCH3 is 2. The fourth-order valence-electron chi connectivity index (χ4n) is 1.83. The highest BCUT2D eigenvalue weighted by atomic mass is 16.5. The Labute approximate surface area is 132 Å². The maximum atomic E-state index is 10.9. The van der Waals surface area contributed by atoms with Crippen LogP contribution < -0.4 is 26.5 Å². The zero-order valence-corrected chi connectivity index (χ0v) is 12.9. The minimum atomic E-state index is -0.208. The van der Waals surface area contributed by atoms with E-state index < -0.39 is 0 Å². The van der Waals surface area contributed by atoms with Crippen LogP contribution in [0.3, 0.4) is 0 Å². The molecule has 7 heteroatoms. The molecule has 0 atom stereocenters. The fraction of sp³-hybridized carbons (Fsp3) is 0.125. The molecule has 5 N–H and O–H groups in total. The van der Waals surface area contributed by atoms with E-state index in [-0.39, 0.29) is 5.56 Å². The van der Waals surface area contributed by atoms with Crippen LogP contribution in [-0.2, 0) is 0 Å². The summed E-state index contributed by atoms with van der Waals surface area (Å²) in [7, 11) is 3.17. The third-order valence-corrected chi connectivity index (χ3v) is 3.08. The van der Waals surface area contributed by atoms with Crippen molar-refractivity contribution in [3.8, 4) is 11.5 Å². The van der Waals surface area contributed by atoms with Crippen molar-refractivity contribution in [2.75, 3.05) is 25.7 Å². The lowest BCUT2D eigenvalue weighted by molar-refractivity contribution is 0.415. The highest BCUT2D eigenvalue weighted by molar-refractivity contribution is 5.75. The van der Waals surface area contributed by atoms with Gasteiger partial charge in [-0.25, -0.2) is 4.98 Å². The predicted molar refractivity (Wildman–Crippen MR) is 90.7 cm³/mol. The van der Waals surface area contributed by atoms with Gasteiger partial charge in [0.25, 0.3) is 5.56 Å². The molecule has 0 saturated heterocycles. The van der Waals surface area contributed by atoms with Crippen LogP contribution in [0.5, 0.6) is 11.5 Å². The van der Waals surface area contributed by atoms with Gasteiger partial charge in [-0.05, 0) is 24.3 Å². The zero-order chi connectivity index (χ0) is 16.8. The number of ether oxygens (including phenoxy) is 2. The van der Waals surface area contributed by atoms with Gasteiger partial charge in [-0.15, -0.1) is 0 Å². The molecule has 3 rings (SSSR count). The molecule has 0 aliphatic heterocycles. The average molecular weight is 314 g/mol. The SMILES string of the molecule is COc1ccc(N)c(N)c1.COc1ccc2ncc(=O)[nH]c2c1. The zero-order valence-electron chi connectivity index (χ0n) is 12.9. The summed E-state index contributed by atoms with van der Waals surface area (Å²) in [6.07, 6.45) is 1.26. The van der Waals surface area contributed by atoms with Gasteiger partial charge >= 0.3 is 0 Å². The molecule has 1 heterocycles. The lowest BCUT2D eigenvalue weighted by atomic mass is 10.2. The molecule has 0 spiro atoms. The van der Waals surface area contributed by atoms with E-state index in [1.165, 1.54) is 6.20 Å². The highest BCUT2D eigenvalue weighted by Crippen LogP contribution is 2.20. The Morgan fingerprint density at radius 1 is 0.957 bits per heavy atom. The molecule has 0 radical (unpaired) electrons. The van der Waals surface area contributed by atoms with Crippen molar-refractivity contribution >= 4 is 22.4 Å². The summed E-state index contributed by atoms with van der Waals surface area (Å²) in [6, 6.07) is 10.5. The number of fused-ring (bicyclic) bond motifs is 1. The van der Waals surface area contributed by atoms with Crippen LogP contribution in [0.25, 0.3) is 11.0 Å². The van der Waals surface area contributed by atoms with Crippen molar-refractivity contribution in [1.82, 2.24) is 9.97 Å². The molecule has 0 saturated carbocycles. The molecule has 2 aromatic carbocycles. The number of hydrogen-bond donors (Lipinski definition) is 3. The molecule has 0 fully saturated rings. The average Bonchev–Trinajstić information content (AvgIpc) is 2.57. The molecule has 3 aromatic rings. The van der Waals surface area contributed by atoms with Gasteiger partial charge < -0.3 is 25.9 Å². The lowest BCUT2D eigenvalue weighted by Gasteiger charge is -2.02. The first-order valence-electron chi connectivity index (χ1n) is 6.75. The van der Waals surface area contributed by atoms with Crippen LogP contribution in [0.4, 0.5) is 11.4 Å². The predicted octanol–water partition coefficient (Wildman–Crippen LogP) is 1.79.